The molecular formula is C26H37N3O9. The Morgan fingerprint density at radius 3 is 2.37 bits per heavy atom. The van der Waals surface area contributed by atoms with Crippen LogP contribution in [0.4, 0.5) is 15.3 Å². The third-order valence-electron chi connectivity index (χ3n) is 6.09. The summed E-state index contributed by atoms with van der Waals surface area (Å²) in [4.78, 5) is 54.5. The Balaban J connectivity index is 1.55. The van der Waals surface area contributed by atoms with Crippen molar-refractivity contribution in [3.63, 3.8) is 0 Å². The van der Waals surface area contributed by atoms with Gasteiger partial charge in [0.25, 0.3) is 5.91 Å². The highest BCUT2D eigenvalue weighted by atomic mass is 16.6. The third-order valence-corrected chi connectivity index (χ3v) is 6.09. The van der Waals surface area contributed by atoms with Crippen molar-refractivity contribution >= 4 is 29.6 Å². The largest absolute Gasteiger partial charge is 0.491 e. The van der Waals surface area contributed by atoms with Crippen LogP contribution in [0.1, 0.15) is 47.0 Å². The number of nitrogens with zero attached hydrogens (tertiary/aromatic N) is 3. The van der Waals surface area contributed by atoms with E-state index in [0.717, 1.165) is 0 Å². The van der Waals surface area contributed by atoms with E-state index in [-0.39, 0.29) is 58.3 Å². The van der Waals surface area contributed by atoms with Crippen molar-refractivity contribution in [2.75, 3.05) is 44.4 Å². The Kier molecular flexibility index (Phi) is 9.34. The van der Waals surface area contributed by atoms with E-state index in [1.165, 1.54) is 9.80 Å². The van der Waals surface area contributed by atoms with Crippen molar-refractivity contribution in [2.45, 2.75) is 64.2 Å². The highest BCUT2D eigenvalue weighted by Crippen LogP contribution is 2.28. The van der Waals surface area contributed by atoms with E-state index >= 15 is 0 Å². The second-order valence-corrected chi connectivity index (χ2v) is 10.6. The number of ether oxygens (including phenoxy) is 3. The number of piperidine rings is 1. The second kappa shape index (κ2) is 12.1. The molecule has 2 saturated heterocycles. The Morgan fingerprint density at radius 1 is 1.05 bits per heavy atom. The molecule has 2 aliphatic heterocycles. The number of aliphatic hydroxyl groups excluding tert-OH is 1. The van der Waals surface area contributed by atoms with Crippen LogP contribution in [0.15, 0.2) is 24.3 Å². The zero-order valence-corrected chi connectivity index (χ0v) is 22.3. The van der Waals surface area contributed by atoms with E-state index in [9.17, 15) is 24.3 Å². The molecular weight excluding hydrogens is 498 g/mol. The standard InChI is InChI=1S/C26H37N3O9/c1-25(2,3)38-24(34)29-21(31)10-9-20(22(29)32)28-13-12-27(23(28)33)18-5-7-19(8-6-18)37-16-15-36-17-26(4,35)11-14-30/h5-8,20,30,35H,9-17H2,1-4H3. The number of imide groups is 3. The normalized spacial score (nSPS) is 20.1. The van der Waals surface area contributed by atoms with Gasteiger partial charge in [0.1, 0.15) is 24.0 Å². The smallest absolute Gasteiger partial charge is 0.424 e. The number of amides is 5. The van der Waals surface area contributed by atoms with Crippen LogP contribution < -0.4 is 9.64 Å². The molecule has 12 nitrogen and oxygen atoms in total. The zero-order chi connectivity index (χ0) is 28.1. The van der Waals surface area contributed by atoms with Crippen molar-refractivity contribution in [3.8, 4) is 5.75 Å². The number of urea groups is 1. The Bertz CT molecular complexity index is 1020. The minimum Gasteiger partial charge on any atom is -0.491 e. The molecule has 0 spiro atoms. The quantitative estimate of drug-likeness (QED) is 0.339. The predicted octanol–water partition coefficient (Wildman–Crippen LogP) is 1.91. The first-order valence-electron chi connectivity index (χ1n) is 12.6. The SMILES string of the molecule is CC(O)(CCO)COCCOc1ccc(N2CCN(C3CCC(=O)N(C(=O)OC(C)(C)C)C3=O)C2=O)cc1. The van der Waals surface area contributed by atoms with Gasteiger partial charge in [-0.15, -0.1) is 0 Å². The van der Waals surface area contributed by atoms with Crippen LogP contribution in [0.5, 0.6) is 5.75 Å². The molecule has 2 unspecified atom stereocenters. The lowest BCUT2D eigenvalue weighted by molar-refractivity contribution is -0.150. The molecule has 2 atom stereocenters. The van der Waals surface area contributed by atoms with Crippen molar-refractivity contribution in [1.82, 2.24) is 9.80 Å². The molecule has 2 aliphatic rings. The molecule has 0 aliphatic carbocycles. The van der Waals surface area contributed by atoms with E-state index in [2.05, 4.69) is 0 Å². The van der Waals surface area contributed by atoms with Crippen molar-refractivity contribution in [1.29, 1.82) is 0 Å². The summed E-state index contributed by atoms with van der Waals surface area (Å²) in [6.45, 7) is 7.56. The van der Waals surface area contributed by atoms with Crippen LogP contribution >= 0.6 is 0 Å². The minimum absolute atomic E-state index is 0.0475. The van der Waals surface area contributed by atoms with Crippen LogP contribution in [0, 0.1) is 0 Å². The molecule has 2 fully saturated rings. The van der Waals surface area contributed by atoms with E-state index < -0.39 is 35.2 Å². The van der Waals surface area contributed by atoms with Crippen LogP contribution in [0.3, 0.4) is 0 Å². The van der Waals surface area contributed by atoms with E-state index in [4.69, 9.17) is 19.3 Å². The fraction of sp³-hybridized carbons (Fsp3) is 0.615. The van der Waals surface area contributed by atoms with Gasteiger partial charge in [-0.1, -0.05) is 0 Å². The summed E-state index contributed by atoms with van der Waals surface area (Å²) >= 11 is 0. The van der Waals surface area contributed by atoms with E-state index in [1.807, 2.05) is 0 Å². The first-order valence-corrected chi connectivity index (χ1v) is 12.6. The summed E-state index contributed by atoms with van der Waals surface area (Å²) in [5, 5.41) is 18.9. The number of anilines is 1. The lowest BCUT2D eigenvalue weighted by Crippen LogP contribution is -2.57. The highest BCUT2D eigenvalue weighted by Gasteiger charge is 2.46. The molecule has 2 heterocycles. The third kappa shape index (κ3) is 7.42. The summed E-state index contributed by atoms with van der Waals surface area (Å²) < 4.78 is 16.3. The average molecular weight is 536 g/mol. The molecule has 1 aromatic carbocycles. The summed E-state index contributed by atoms with van der Waals surface area (Å²) in [6.07, 6.45) is -0.719. The summed E-state index contributed by atoms with van der Waals surface area (Å²) in [5.41, 5.74) is -1.36. The highest BCUT2D eigenvalue weighted by molar-refractivity contribution is 6.13. The number of hydrogen-bond acceptors (Lipinski definition) is 9. The molecule has 12 heteroatoms. The van der Waals surface area contributed by atoms with Gasteiger partial charge < -0.3 is 29.3 Å². The van der Waals surface area contributed by atoms with E-state index in [0.29, 0.717) is 22.9 Å². The summed E-state index contributed by atoms with van der Waals surface area (Å²) in [5.74, 6) is -0.827. The van der Waals surface area contributed by atoms with Crippen LogP contribution in [-0.4, -0.2) is 101 Å². The monoisotopic (exact) mass is 535 g/mol. The Labute approximate surface area is 222 Å². The molecule has 0 bridgehead atoms. The van der Waals surface area contributed by atoms with Gasteiger partial charge in [0.15, 0.2) is 0 Å². The number of carbonyl (C=O) groups is 4. The number of aliphatic hydroxyl groups is 2. The van der Waals surface area contributed by atoms with Gasteiger partial charge >= 0.3 is 12.1 Å². The number of hydrogen-bond donors (Lipinski definition) is 2. The molecule has 0 radical (unpaired) electrons. The average Bonchev–Trinajstić information content (AvgIpc) is 3.19. The van der Waals surface area contributed by atoms with Gasteiger partial charge in [-0.05, 0) is 58.4 Å². The maximum Gasteiger partial charge on any atom is 0.424 e. The molecule has 0 aromatic heterocycles. The molecule has 1 aromatic rings. The predicted molar refractivity (Wildman–Crippen MR) is 136 cm³/mol. The minimum atomic E-state index is -1.10. The van der Waals surface area contributed by atoms with Gasteiger partial charge in [-0.2, -0.15) is 4.90 Å². The second-order valence-electron chi connectivity index (χ2n) is 10.6. The van der Waals surface area contributed by atoms with Crippen LogP contribution in [0.25, 0.3) is 0 Å². The molecule has 3 rings (SSSR count). The molecule has 210 valence electrons. The van der Waals surface area contributed by atoms with E-state index in [1.54, 1.807) is 52.0 Å². The van der Waals surface area contributed by atoms with Gasteiger partial charge in [-0.25, -0.2) is 9.59 Å². The fourth-order valence-corrected chi connectivity index (χ4v) is 4.18. The molecule has 5 amide bonds. The fourth-order valence-electron chi connectivity index (χ4n) is 4.18. The first kappa shape index (κ1) is 29.3. The molecule has 2 N–H and O–H groups in total. The van der Waals surface area contributed by atoms with Crippen LogP contribution in [-0.2, 0) is 19.1 Å². The van der Waals surface area contributed by atoms with Crippen molar-refractivity contribution < 1.29 is 43.6 Å². The number of benzene rings is 1. The number of carbonyl (C=O) groups excluding carboxylic acids is 4. The van der Waals surface area contributed by atoms with Gasteiger partial charge in [0.05, 0.1) is 18.8 Å². The first-order chi connectivity index (χ1) is 17.8. The lowest BCUT2D eigenvalue weighted by atomic mass is 10.0. The summed E-state index contributed by atoms with van der Waals surface area (Å²) in [6, 6.07) is 5.55. The summed E-state index contributed by atoms with van der Waals surface area (Å²) in [7, 11) is 0. The zero-order valence-electron chi connectivity index (χ0n) is 22.3. The number of likely N-dealkylation sites (tertiary alicyclic amines) is 1. The lowest BCUT2D eigenvalue weighted by Gasteiger charge is -2.34. The topological polar surface area (TPSA) is 146 Å². The Morgan fingerprint density at radius 2 is 1.74 bits per heavy atom. The van der Waals surface area contributed by atoms with Gasteiger partial charge in [-0.3, -0.25) is 14.5 Å². The maximum absolute atomic E-state index is 13.2. The van der Waals surface area contributed by atoms with Crippen molar-refractivity contribution in [3.05, 3.63) is 24.3 Å². The molecule has 0 saturated carbocycles. The van der Waals surface area contributed by atoms with Gasteiger partial charge in [0.2, 0.25) is 5.91 Å². The molecule has 38 heavy (non-hydrogen) atoms. The number of rotatable bonds is 10. The Hall–Kier alpha value is -3.22. The van der Waals surface area contributed by atoms with Crippen molar-refractivity contribution in [2.24, 2.45) is 0 Å². The maximum atomic E-state index is 13.2. The van der Waals surface area contributed by atoms with Crippen LogP contribution in [0.2, 0.25) is 0 Å². The van der Waals surface area contributed by atoms with Gasteiger partial charge in [0, 0.05) is 38.2 Å².